The predicted molar refractivity (Wildman–Crippen MR) is 187 cm³/mol. The molecular weight excluding hydrogens is 636 g/mol. The number of morpholine rings is 1. The fourth-order valence-electron chi connectivity index (χ4n) is 6.80. The quantitative estimate of drug-likeness (QED) is 0.181. The third-order valence-corrected chi connectivity index (χ3v) is 9.44. The predicted octanol–water partition coefficient (Wildman–Crippen LogP) is 5.41. The average Bonchev–Trinajstić information content (AvgIpc) is 3.78. The number of anilines is 2. The highest BCUT2D eigenvalue weighted by Gasteiger charge is 2.32. The lowest BCUT2D eigenvalue weighted by atomic mass is 9.89. The number of benzene rings is 1. The van der Waals surface area contributed by atoms with E-state index < -0.39 is 0 Å². The van der Waals surface area contributed by atoms with Crippen molar-refractivity contribution in [2.24, 2.45) is 0 Å². The van der Waals surface area contributed by atoms with Gasteiger partial charge in [0.15, 0.2) is 0 Å². The van der Waals surface area contributed by atoms with Crippen molar-refractivity contribution in [3.63, 3.8) is 0 Å². The third-order valence-electron chi connectivity index (χ3n) is 9.44. The van der Waals surface area contributed by atoms with Gasteiger partial charge in [-0.15, -0.1) is 5.10 Å². The molecule has 1 aliphatic heterocycles. The number of nitrogens with zero attached hydrogens (tertiary/aromatic N) is 9. The maximum absolute atomic E-state index is 9.69. The molecule has 1 N–H and O–H groups in total. The van der Waals surface area contributed by atoms with Crippen LogP contribution in [0.15, 0.2) is 49.4 Å². The van der Waals surface area contributed by atoms with Gasteiger partial charge in [-0.1, -0.05) is 6.07 Å². The maximum Gasteiger partial charge on any atom is 0.256 e. The van der Waals surface area contributed by atoms with E-state index in [1.54, 1.807) is 36.6 Å². The van der Waals surface area contributed by atoms with Crippen molar-refractivity contribution in [2.75, 3.05) is 32.1 Å². The number of nitrogens with one attached hydrogen (secondary N) is 1. The molecule has 1 aromatic carbocycles. The van der Waals surface area contributed by atoms with Crippen LogP contribution < -0.4 is 14.8 Å². The first-order valence-corrected chi connectivity index (χ1v) is 17.5. The summed E-state index contributed by atoms with van der Waals surface area (Å²) in [6.45, 7) is 11.3. The number of aromatic nitrogens is 7. The Morgan fingerprint density at radius 1 is 1.02 bits per heavy atom. The zero-order valence-electron chi connectivity index (χ0n) is 29.6. The molecule has 4 aromatic rings. The van der Waals surface area contributed by atoms with Crippen LogP contribution in [0.1, 0.15) is 71.4 Å². The second kappa shape index (κ2) is 16.4. The van der Waals surface area contributed by atoms with Crippen molar-refractivity contribution in [3.05, 3.63) is 55.0 Å². The number of methoxy groups -OCH3 is 1. The maximum atomic E-state index is 9.69. The smallest absolute Gasteiger partial charge is 0.256 e. The van der Waals surface area contributed by atoms with E-state index in [1.807, 2.05) is 32.2 Å². The van der Waals surface area contributed by atoms with E-state index in [0.29, 0.717) is 42.3 Å². The normalized spacial score (nSPS) is 22.4. The number of rotatable bonds is 14. The molecule has 3 aromatic heterocycles. The van der Waals surface area contributed by atoms with Gasteiger partial charge in [0.05, 0.1) is 49.3 Å². The fraction of sp³-hybridized carbons (Fsp3) is 0.556. The molecule has 50 heavy (non-hydrogen) atoms. The van der Waals surface area contributed by atoms with Gasteiger partial charge < -0.3 is 24.3 Å². The van der Waals surface area contributed by atoms with Crippen molar-refractivity contribution < 1.29 is 18.9 Å². The van der Waals surface area contributed by atoms with Crippen molar-refractivity contribution in [1.29, 1.82) is 5.26 Å². The lowest BCUT2D eigenvalue weighted by Crippen LogP contribution is -2.51. The Morgan fingerprint density at radius 2 is 1.76 bits per heavy atom. The first kappa shape index (κ1) is 35.3. The van der Waals surface area contributed by atoms with Gasteiger partial charge in [-0.25, -0.2) is 19.6 Å². The van der Waals surface area contributed by atoms with Gasteiger partial charge in [0, 0.05) is 50.6 Å². The molecule has 2 aliphatic rings. The summed E-state index contributed by atoms with van der Waals surface area (Å²) in [5.41, 5.74) is 2.78. The minimum atomic E-state index is -0.232. The molecule has 0 radical (unpaired) electrons. The largest absolute Gasteiger partial charge is 0.487 e. The van der Waals surface area contributed by atoms with Gasteiger partial charge in [-0.05, 0) is 71.1 Å². The van der Waals surface area contributed by atoms with E-state index in [9.17, 15) is 5.26 Å². The Bertz CT molecular complexity index is 1690. The molecule has 6 rings (SSSR count). The van der Waals surface area contributed by atoms with Gasteiger partial charge in [0.1, 0.15) is 36.3 Å². The molecule has 2 fully saturated rings. The highest BCUT2D eigenvalue weighted by atomic mass is 16.5. The summed E-state index contributed by atoms with van der Waals surface area (Å²) in [5.74, 6) is 1.43. The van der Waals surface area contributed by atoms with Gasteiger partial charge in [0.25, 0.3) is 5.88 Å². The van der Waals surface area contributed by atoms with Crippen LogP contribution in [0.4, 0.5) is 11.6 Å². The standard InChI is InChI=1S/C36H48N10O4/c1-24(47-5)12-13-48-35-33(21-46(43-35)32-10-8-31(9-11-32)44-18-25(2)49-26(3)19-44)42-36-39-16-30(17-40-36)28-6-7-29(15-37)34(14-28)50-27(4)20-45-23-38-22-41-45/h6-7,14,16-17,21-27,31-32H,8-13,18-20H2,1-5H3,(H,39,40,42)/t24?,25-,26+,27-,31?,32?/m0/s1. The Balaban J connectivity index is 1.13. The van der Waals surface area contributed by atoms with E-state index in [0.717, 1.165) is 62.0 Å². The Labute approximate surface area is 293 Å². The minimum absolute atomic E-state index is 0.0790. The summed E-state index contributed by atoms with van der Waals surface area (Å²) in [4.78, 5) is 15.8. The lowest BCUT2D eigenvalue weighted by molar-refractivity contribution is -0.0852. The van der Waals surface area contributed by atoms with Crippen LogP contribution in [0, 0.1) is 11.3 Å². The third kappa shape index (κ3) is 8.95. The fourth-order valence-corrected chi connectivity index (χ4v) is 6.80. The van der Waals surface area contributed by atoms with Gasteiger partial charge in [0.2, 0.25) is 5.95 Å². The zero-order valence-corrected chi connectivity index (χ0v) is 29.6. The van der Waals surface area contributed by atoms with Crippen molar-refractivity contribution in [3.8, 4) is 28.8 Å². The number of ether oxygens (including phenoxy) is 4. The van der Waals surface area contributed by atoms with Crippen LogP contribution in [0.2, 0.25) is 0 Å². The van der Waals surface area contributed by atoms with Crippen LogP contribution in [0.25, 0.3) is 11.1 Å². The SMILES string of the molecule is COC(C)CCOc1nn(C2CCC(N3C[C@@H](C)O[C@@H](C)C3)CC2)cc1Nc1ncc(-c2ccc(C#N)c(O[C@@H](C)Cn3cncn3)c2)cn1. The molecule has 0 spiro atoms. The van der Waals surface area contributed by atoms with E-state index in [4.69, 9.17) is 24.0 Å². The van der Waals surface area contributed by atoms with Crippen LogP contribution in [-0.4, -0.2) is 96.7 Å². The Kier molecular flexibility index (Phi) is 11.6. The van der Waals surface area contributed by atoms with E-state index in [1.165, 1.54) is 6.33 Å². The summed E-state index contributed by atoms with van der Waals surface area (Å²) in [5, 5.41) is 22.1. The second-order valence-corrected chi connectivity index (χ2v) is 13.5. The number of hydrogen-bond donors (Lipinski definition) is 1. The molecule has 1 aliphatic carbocycles. The molecule has 4 heterocycles. The summed E-state index contributed by atoms with van der Waals surface area (Å²) in [6, 6.07) is 8.53. The molecule has 1 saturated carbocycles. The number of hydrogen-bond acceptors (Lipinski definition) is 12. The highest BCUT2D eigenvalue weighted by molar-refractivity contribution is 5.67. The summed E-state index contributed by atoms with van der Waals surface area (Å²) < 4.78 is 27.4. The summed E-state index contributed by atoms with van der Waals surface area (Å²) in [7, 11) is 1.70. The molecule has 0 amide bonds. The second-order valence-electron chi connectivity index (χ2n) is 13.5. The lowest BCUT2D eigenvalue weighted by Gasteiger charge is -2.42. The van der Waals surface area contributed by atoms with Gasteiger partial charge in [-0.3, -0.25) is 9.58 Å². The minimum Gasteiger partial charge on any atom is -0.487 e. The molecule has 0 bridgehead atoms. The van der Waals surface area contributed by atoms with Gasteiger partial charge in [-0.2, -0.15) is 10.4 Å². The van der Waals surface area contributed by atoms with E-state index in [-0.39, 0.29) is 30.5 Å². The molecule has 4 atom stereocenters. The molecular formula is C36H48N10O4. The highest BCUT2D eigenvalue weighted by Crippen LogP contribution is 2.35. The molecule has 14 nitrogen and oxygen atoms in total. The monoisotopic (exact) mass is 684 g/mol. The van der Waals surface area contributed by atoms with Gasteiger partial charge >= 0.3 is 0 Å². The van der Waals surface area contributed by atoms with Crippen molar-refractivity contribution >= 4 is 11.6 Å². The Morgan fingerprint density at radius 3 is 2.44 bits per heavy atom. The average molecular weight is 685 g/mol. The zero-order chi connectivity index (χ0) is 35.0. The van der Waals surface area contributed by atoms with Crippen LogP contribution >= 0.6 is 0 Å². The molecule has 266 valence electrons. The molecule has 1 saturated heterocycles. The van der Waals surface area contributed by atoms with E-state index in [2.05, 4.69) is 54.9 Å². The first-order chi connectivity index (χ1) is 24.3. The first-order valence-electron chi connectivity index (χ1n) is 17.5. The van der Waals surface area contributed by atoms with Crippen LogP contribution in [0.5, 0.6) is 11.6 Å². The van der Waals surface area contributed by atoms with E-state index >= 15 is 0 Å². The molecule has 1 unspecified atom stereocenters. The van der Waals surface area contributed by atoms with Crippen molar-refractivity contribution in [2.45, 2.75) is 103 Å². The summed E-state index contributed by atoms with van der Waals surface area (Å²) in [6.07, 6.45) is 14.1. The summed E-state index contributed by atoms with van der Waals surface area (Å²) >= 11 is 0. The molecule has 14 heteroatoms. The number of nitriles is 1. The van der Waals surface area contributed by atoms with Crippen molar-refractivity contribution in [1.82, 2.24) is 39.4 Å². The van der Waals surface area contributed by atoms with Crippen LogP contribution in [-0.2, 0) is 16.0 Å². The topological polar surface area (TPSA) is 150 Å². The van der Waals surface area contributed by atoms with Crippen LogP contribution in [0.3, 0.4) is 0 Å². The Hall–Kier alpha value is -4.58.